The van der Waals surface area contributed by atoms with Gasteiger partial charge in [0.15, 0.2) is 5.96 Å². The number of halogens is 2. The molecule has 0 radical (unpaired) electrons. The molecule has 0 spiro atoms. The zero-order chi connectivity index (χ0) is 19.6. The minimum Gasteiger partial charge on any atom is -0.357 e. The molecule has 0 unspecified atom stereocenters. The van der Waals surface area contributed by atoms with Crippen LogP contribution >= 0.6 is 35.6 Å². The lowest BCUT2D eigenvalue weighted by Gasteiger charge is -2.22. The van der Waals surface area contributed by atoms with Gasteiger partial charge in [0.25, 0.3) is 5.91 Å². The molecule has 152 valence electrons. The van der Waals surface area contributed by atoms with E-state index in [-0.39, 0.29) is 29.9 Å². The number of guanidine groups is 1. The van der Waals surface area contributed by atoms with E-state index in [9.17, 15) is 4.79 Å². The normalized spacial score (nSPS) is 10.8. The van der Waals surface area contributed by atoms with Crippen molar-refractivity contribution in [1.82, 2.24) is 15.5 Å². The van der Waals surface area contributed by atoms with Crippen molar-refractivity contribution in [3.05, 3.63) is 70.2 Å². The van der Waals surface area contributed by atoms with Gasteiger partial charge in [-0.1, -0.05) is 53.6 Å². The summed E-state index contributed by atoms with van der Waals surface area (Å²) in [7, 11) is 2.00. The van der Waals surface area contributed by atoms with Crippen molar-refractivity contribution in [2.45, 2.75) is 20.4 Å². The van der Waals surface area contributed by atoms with Crippen LogP contribution in [0.5, 0.6) is 0 Å². The molecule has 0 saturated carbocycles. The fourth-order valence-corrected chi connectivity index (χ4v) is 2.81. The zero-order valence-electron chi connectivity index (χ0n) is 16.5. The Kier molecular flexibility index (Phi) is 10.9. The second-order valence-electron chi connectivity index (χ2n) is 6.31. The van der Waals surface area contributed by atoms with Crippen molar-refractivity contribution in [3.8, 4) is 0 Å². The molecular formula is C21H28ClIN4O. The minimum absolute atomic E-state index is 0. The molecule has 28 heavy (non-hydrogen) atoms. The first-order valence-electron chi connectivity index (χ1n) is 9.09. The quantitative estimate of drug-likeness (QED) is 0.253. The summed E-state index contributed by atoms with van der Waals surface area (Å²) in [6, 6.07) is 15.5. The molecule has 0 saturated heterocycles. The molecule has 0 aromatic heterocycles. The number of nitrogens with zero attached hydrogens (tertiary/aromatic N) is 2. The number of aliphatic imine (C=N–C) groups is 1. The fraction of sp³-hybridized carbons (Fsp3) is 0.333. The number of nitrogens with one attached hydrogen (secondary N) is 2. The lowest BCUT2D eigenvalue weighted by Crippen LogP contribution is -2.39. The van der Waals surface area contributed by atoms with Crippen molar-refractivity contribution in [1.29, 1.82) is 0 Å². The second-order valence-corrected chi connectivity index (χ2v) is 6.72. The van der Waals surface area contributed by atoms with E-state index in [0.29, 0.717) is 23.7 Å². The number of carbonyl (C=O) groups is 1. The predicted molar refractivity (Wildman–Crippen MR) is 128 cm³/mol. The Bertz CT molecular complexity index is 780. The molecular weight excluding hydrogens is 487 g/mol. The Labute approximate surface area is 189 Å². The fourth-order valence-electron chi connectivity index (χ4n) is 2.58. The van der Waals surface area contributed by atoms with Crippen LogP contribution in [-0.2, 0) is 6.54 Å². The molecule has 0 fully saturated rings. The summed E-state index contributed by atoms with van der Waals surface area (Å²) in [6.45, 7) is 6.58. The summed E-state index contributed by atoms with van der Waals surface area (Å²) in [4.78, 5) is 18.8. The maximum Gasteiger partial charge on any atom is 0.252 e. The highest BCUT2D eigenvalue weighted by atomic mass is 127. The standard InChI is InChI=1S/C21H27ClN4O.HI/c1-4-23-21(26(3)15-17-11-9-16(2)10-12-17)25-14-13-24-20(27)18-7-5-6-8-19(18)22;/h5-12H,4,13-15H2,1-3H3,(H,23,25)(H,24,27);1H. The van der Waals surface area contributed by atoms with Gasteiger partial charge in [0.2, 0.25) is 0 Å². The Hall–Kier alpha value is -1.80. The molecule has 5 nitrogen and oxygen atoms in total. The molecule has 0 aliphatic heterocycles. The van der Waals surface area contributed by atoms with Gasteiger partial charge in [0.05, 0.1) is 17.1 Å². The maximum absolute atomic E-state index is 12.2. The van der Waals surface area contributed by atoms with Gasteiger partial charge in [-0.3, -0.25) is 9.79 Å². The number of benzene rings is 2. The van der Waals surface area contributed by atoms with E-state index in [1.54, 1.807) is 24.3 Å². The number of aryl methyl sites for hydroxylation is 1. The summed E-state index contributed by atoms with van der Waals surface area (Å²) < 4.78 is 0. The smallest absolute Gasteiger partial charge is 0.252 e. The molecule has 0 atom stereocenters. The molecule has 0 aliphatic carbocycles. The summed E-state index contributed by atoms with van der Waals surface area (Å²) in [5.41, 5.74) is 2.95. The summed E-state index contributed by atoms with van der Waals surface area (Å²) >= 11 is 6.05. The Balaban J connectivity index is 0.00000392. The van der Waals surface area contributed by atoms with Crippen LogP contribution in [0.1, 0.15) is 28.4 Å². The third-order valence-electron chi connectivity index (χ3n) is 4.01. The second kappa shape index (κ2) is 12.6. The van der Waals surface area contributed by atoms with E-state index in [1.165, 1.54) is 11.1 Å². The average Bonchev–Trinajstić information content (AvgIpc) is 2.66. The summed E-state index contributed by atoms with van der Waals surface area (Å²) in [5.74, 6) is 0.624. The number of hydrogen-bond acceptors (Lipinski definition) is 2. The molecule has 0 aliphatic rings. The molecule has 2 aromatic rings. The first kappa shape index (κ1) is 24.2. The van der Waals surface area contributed by atoms with Gasteiger partial charge < -0.3 is 15.5 Å². The van der Waals surface area contributed by atoms with E-state index < -0.39 is 0 Å². The van der Waals surface area contributed by atoms with Crippen LogP contribution in [0.25, 0.3) is 0 Å². The highest BCUT2D eigenvalue weighted by molar-refractivity contribution is 14.0. The third-order valence-corrected chi connectivity index (χ3v) is 4.34. The van der Waals surface area contributed by atoms with Crippen molar-refractivity contribution in [2.24, 2.45) is 4.99 Å². The number of carbonyl (C=O) groups excluding carboxylic acids is 1. The third kappa shape index (κ3) is 7.67. The van der Waals surface area contributed by atoms with Crippen LogP contribution < -0.4 is 10.6 Å². The van der Waals surface area contributed by atoms with Gasteiger partial charge in [-0.25, -0.2) is 0 Å². The highest BCUT2D eigenvalue weighted by Crippen LogP contribution is 2.14. The Morgan fingerprint density at radius 1 is 1.11 bits per heavy atom. The van der Waals surface area contributed by atoms with Crippen molar-refractivity contribution in [3.63, 3.8) is 0 Å². The largest absolute Gasteiger partial charge is 0.357 e. The zero-order valence-corrected chi connectivity index (χ0v) is 19.6. The highest BCUT2D eigenvalue weighted by Gasteiger charge is 2.09. The van der Waals surface area contributed by atoms with Crippen LogP contribution in [0, 0.1) is 6.92 Å². The molecule has 1 amide bonds. The van der Waals surface area contributed by atoms with Crippen molar-refractivity contribution < 1.29 is 4.79 Å². The molecule has 2 aromatic carbocycles. The minimum atomic E-state index is -0.186. The van der Waals surface area contributed by atoms with Crippen molar-refractivity contribution in [2.75, 3.05) is 26.7 Å². The van der Waals surface area contributed by atoms with E-state index in [4.69, 9.17) is 11.6 Å². The molecule has 2 rings (SSSR count). The van der Waals surface area contributed by atoms with Gasteiger partial charge in [-0.15, -0.1) is 24.0 Å². The van der Waals surface area contributed by atoms with Gasteiger partial charge in [-0.05, 0) is 31.5 Å². The SMILES string of the molecule is CCNC(=NCCNC(=O)c1ccccc1Cl)N(C)Cc1ccc(C)cc1.I. The monoisotopic (exact) mass is 514 g/mol. The van der Waals surface area contributed by atoms with E-state index in [2.05, 4.69) is 51.7 Å². The van der Waals surface area contributed by atoms with Crippen LogP contribution in [0.4, 0.5) is 0 Å². The number of amides is 1. The lowest BCUT2D eigenvalue weighted by molar-refractivity contribution is 0.0955. The van der Waals surface area contributed by atoms with Crippen molar-refractivity contribution >= 4 is 47.4 Å². The van der Waals surface area contributed by atoms with Crippen LogP contribution in [-0.4, -0.2) is 43.4 Å². The van der Waals surface area contributed by atoms with Gasteiger partial charge in [0, 0.05) is 26.7 Å². The predicted octanol–water partition coefficient (Wildman–Crippen LogP) is 4.09. The first-order chi connectivity index (χ1) is 13.0. The first-order valence-corrected chi connectivity index (χ1v) is 9.46. The molecule has 0 heterocycles. The lowest BCUT2D eigenvalue weighted by atomic mass is 10.1. The van der Waals surface area contributed by atoms with E-state index in [0.717, 1.165) is 19.0 Å². The Morgan fingerprint density at radius 3 is 2.43 bits per heavy atom. The van der Waals surface area contributed by atoms with Gasteiger partial charge in [0.1, 0.15) is 0 Å². The summed E-state index contributed by atoms with van der Waals surface area (Å²) in [6.07, 6.45) is 0. The van der Waals surface area contributed by atoms with Gasteiger partial charge >= 0.3 is 0 Å². The molecule has 0 bridgehead atoms. The Morgan fingerprint density at radius 2 is 1.79 bits per heavy atom. The number of rotatable bonds is 7. The van der Waals surface area contributed by atoms with Crippen LogP contribution in [0.2, 0.25) is 5.02 Å². The van der Waals surface area contributed by atoms with Crippen LogP contribution in [0.15, 0.2) is 53.5 Å². The number of hydrogen-bond donors (Lipinski definition) is 2. The van der Waals surface area contributed by atoms with E-state index in [1.807, 2.05) is 14.0 Å². The maximum atomic E-state index is 12.2. The molecule has 7 heteroatoms. The van der Waals surface area contributed by atoms with Crippen LogP contribution in [0.3, 0.4) is 0 Å². The topological polar surface area (TPSA) is 56.7 Å². The van der Waals surface area contributed by atoms with Gasteiger partial charge in [-0.2, -0.15) is 0 Å². The molecule has 2 N–H and O–H groups in total. The summed E-state index contributed by atoms with van der Waals surface area (Å²) in [5, 5.41) is 6.59. The average molecular weight is 515 g/mol. The van der Waals surface area contributed by atoms with E-state index >= 15 is 0 Å².